The number of amidine groups is 1. The summed E-state index contributed by atoms with van der Waals surface area (Å²) >= 11 is 0. The van der Waals surface area contributed by atoms with Gasteiger partial charge in [-0.05, 0) is 17.5 Å². The summed E-state index contributed by atoms with van der Waals surface area (Å²) < 4.78 is 15.5. The van der Waals surface area contributed by atoms with Crippen LogP contribution >= 0.6 is 0 Å². The number of rotatable bonds is 0. The van der Waals surface area contributed by atoms with E-state index in [0.29, 0.717) is 17.0 Å². The lowest BCUT2D eigenvalue weighted by atomic mass is 10.1. The standard InChI is InChI=1S/C9H11N3OS/c1-14(13)5-6-3-2-4-7(10)8(6)9(11)12-14/h2-4H,1,5,10H2,(H2,11,12,13). The van der Waals surface area contributed by atoms with E-state index in [0.717, 1.165) is 5.56 Å². The smallest absolute Gasteiger partial charge is 0.143 e. The van der Waals surface area contributed by atoms with Crippen molar-refractivity contribution in [3.05, 3.63) is 29.3 Å². The van der Waals surface area contributed by atoms with Crippen LogP contribution in [0.25, 0.3) is 0 Å². The molecule has 0 radical (unpaired) electrons. The number of benzene rings is 1. The topological polar surface area (TPSA) is 81.5 Å². The lowest BCUT2D eigenvalue weighted by Gasteiger charge is -2.17. The minimum absolute atomic E-state index is 0.226. The Morgan fingerprint density at radius 3 is 2.86 bits per heavy atom. The molecule has 14 heavy (non-hydrogen) atoms. The molecule has 4 nitrogen and oxygen atoms in total. The van der Waals surface area contributed by atoms with E-state index in [1.165, 1.54) is 0 Å². The van der Waals surface area contributed by atoms with E-state index in [9.17, 15) is 4.21 Å². The van der Waals surface area contributed by atoms with Crippen molar-refractivity contribution >= 4 is 27.1 Å². The maximum atomic E-state index is 11.7. The Hall–Kier alpha value is -1.49. The van der Waals surface area contributed by atoms with Gasteiger partial charge in [0.05, 0.1) is 15.5 Å². The van der Waals surface area contributed by atoms with Gasteiger partial charge in [0.15, 0.2) is 0 Å². The molecular formula is C9H11N3OS. The zero-order valence-corrected chi connectivity index (χ0v) is 8.38. The third-order valence-corrected chi connectivity index (χ3v) is 3.38. The predicted molar refractivity (Wildman–Crippen MR) is 60.5 cm³/mol. The number of hydrogen-bond acceptors (Lipinski definition) is 3. The summed E-state index contributed by atoms with van der Waals surface area (Å²) in [6.07, 6.45) is 0. The van der Waals surface area contributed by atoms with E-state index >= 15 is 0 Å². The zero-order valence-electron chi connectivity index (χ0n) is 7.56. The molecule has 0 fully saturated rings. The SMILES string of the molecule is C=S1(=O)Cc2cccc(N)c2C(N)=N1. The highest BCUT2D eigenvalue weighted by atomic mass is 32.2. The summed E-state index contributed by atoms with van der Waals surface area (Å²) in [4.78, 5) is 0. The predicted octanol–water partition coefficient (Wildman–Crippen LogP) is 0.119. The van der Waals surface area contributed by atoms with Gasteiger partial charge in [0.25, 0.3) is 0 Å². The molecule has 0 spiro atoms. The van der Waals surface area contributed by atoms with Gasteiger partial charge >= 0.3 is 0 Å². The highest BCUT2D eigenvalue weighted by Gasteiger charge is 2.19. The first-order chi connectivity index (χ1) is 6.49. The van der Waals surface area contributed by atoms with Crippen LogP contribution in [0.3, 0.4) is 0 Å². The van der Waals surface area contributed by atoms with Crippen LogP contribution in [0.1, 0.15) is 11.1 Å². The van der Waals surface area contributed by atoms with Crippen LogP contribution in [0.15, 0.2) is 22.6 Å². The molecule has 0 aromatic heterocycles. The van der Waals surface area contributed by atoms with Crippen LogP contribution in [-0.2, 0) is 15.5 Å². The van der Waals surface area contributed by atoms with Gasteiger partial charge in [-0.25, -0.2) is 4.21 Å². The van der Waals surface area contributed by atoms with E-state index < -0.39 is 9.71 Å². The van der Waals surface area contributed by atoms with Crippen molar-refractivity contribution in [1.82, 2.24) is 0 Å². The average Bonchev–Trinajstić information content (AvgIpc) is 2.00. The molecule has 4 N–H and O–H groups in total. The fourth-order valence-electron chi connectivity index (χ4n) is 1.55. The Balaban J connectivity index is 2.74. The summed E-state index contributed by atoms with van der Waals surface area (Å²) in [6, 6.07) is 5.40. The van der Waals surface area contributed by atoms with Crippen molar-refractivity contribution in [2.75, 3.05) is 5.73 Å². The molecule has 1 unspecified atom stereocenters. The molecule has 1 atom stereocenters. The molecule has 5 heteroatoms. The molecule has 2 rings (SSSR count). The number of anilines is 1. The monoisotopic (exact) mass is 209 g/mol. The quantitative estimate of drug-likeness (QED) is 0.470. The molecule has 74 valence electrons. The van der Waals surface area contributed by atoms with E-state index in [1.807, 2.05) is 12.1 Å². The molecule has 0 saturated heterocycles. The Morgan fingerprint density at radius 1 is 1.43 bits per heavy atom. The average molecular weight is 209 g/mol. The summed E-state index contributed by atoms with van der Waals surface area (Å²) in [5, 5.41) is 0. The lowest BCUT2D eigenvalue weighted by Crippen LogP contribution is -2.24. The van der Waals surface area contributed by atoms with Crippen LogP contribution in [0.2, 0.25) is 0 Å². The number of hydrogen-bond donors (Lipinski definition) is 2. The van der Waals surface area contributed by atoms with Gasteiger partial charge in [-0.1, -0.05) is 12.1 Å². The molecule has 1 aromatic rings. The van der Waals surface area contributed by atoms with E-state index in [4.69, 9.17) is 11.5 Å². The second-order valence-electron chi connectivity index (χ2n) is 3.27. The molecule has 0 bridgehead atoms. The fourth-order valence-corrected chi connectivity index (χ4v) is 2.79. The molecule has 0 aliphatic carbocycles. The van der Waals surface area contributed by atoms with Crippen LogP contribution in [0, 0.1) is 0 Å². The molecular weight excluding hydrogens is 198 g/mol. The first kappa shape index (κ1) is 9.08. The maximum absolute atomic E-state index is 11.7. The van der Waals surface area contributed by atoms with Crippen molar-refractivity contribution in [1.29, 1.82) is 0 Å². The first-order valence-electron chi connectivity index (χ1n) is 4.08. The molecule has 0 saturated carbocycles. The third kappa shape index (κ3) is 1.35. The van der Waals surface area contributed by atoms with Gasteiger partial charge in [-0.15, -0.1) is 0 Å². The Morgan fingerprint density at radius 2 is 2.14 bits per heavy atom. The van der Waals surface area contributed by atoms with Crippen LogP contribution in [0.4, 0.5) is 5.69 Å². The largest absolute Gasteiger partial charge is 0.398 e. The van der Waals surface area contributed by atoms with Crippen molar-refractivity contribution < 1.29 is 4.21 Å². The Bertz CT molecular complexity index is 517. The minimum atomic E-state index is -2.45. The molecule has 0 amide bonds. The summed E-state index contributed by atoms with van der Waals surface area (Å²) in [5.41, 5.74) is 13.6. The maximum Gasteiger partial charge on any atom is 0.143 e. The van der Waals surface area contributed by atoms with Crippen molar-refractivity contribution in [2.45, 2.75) is 5.75 Å². The lowest BCUT2D eigenvalue weighted by molar-refractivity contribution is 0.681. The molecule has 1 aliphatic heterocycles. The second kappa shape index (κ2) is 2.75. The van der Waals surface area contributed by atoms with Gasteiger partial charge in [0.1, 0.15) is 5.84 Å². The second-order valence-corrected chi connectivity index (χ2v) is 5.29. The summed E-state index contributed by atoms with van der Waals surface area (Å²) in [5.74, 6) is 4.07. The molecule has 1 heterocycles. The van der Waals surface area contributed by atoms with Gasteiger partial charge < -0.3 is 11.5 Å². The van der Waals surface area contributed by atoms with Crippen LogP contribution in [0.5, 0.6) is 0 Å². The highest BCUT2D eigenvalue weighted by Crippen LogP contribution is 2.23. The fraction of sp³-hybridized carbons (Fsp3) is 0.111. The Kier molecular flexibility index (Phi) is 1.78. The Labute approximate surface area is 82.8 Å². The van der Waals surface area contributed by atoms with E-state index in [-0.39, 0.29) is 5.84 Å². The summed E-state index contributed by atoms with van der Waals surface area (Å²) in [7, 11) is -2.45. The van der Waals surface area contributed by atoms with Crippen molar-refractivity contribution in [3.8, 4) is 0 Å². The number of nitrogen functional groups attached to an aromatic ring is 1. The molecule has 1 aromatic carbocycles. The van der Waals surface area contributed by atoms with Crippen molar-refractivity contribution in [2.24, 2.45) is 10.1 Å². The number of nitrogens with two attached hydrogens (primary N) is 2. The normalized spacial score (nSPS) is 25.3. The highest BCUT2D eigenvalue weighted by molar-refractivity contribution is 7.98. The van der Waals surface area contributed by atoms with Crippen molar-refractivity contribution in [3.63, 3.8) is 0 Å². The van der Waals surface area contributed by atoms with Crippen LogP contribution in [-0.4, -0.2) is 15.9 Å². The number of fused-ring (bicyclic) bond motifs is 1. The van der Waals surface area contributed by atoms with Gasteiger partial charge in [0.2, 0.25) is 0 Å². The summed E-state index contributed by atoms with van der Waals surface area (Å²) in [6.45, 7) is 0. The zero-order chi connectivity index (χ0) is 10.3. The van der Waals surface area contributed by atoms with Crippen LogP contribution < -0.4 is 11.5 Å². The van der Waals surface area contributed by atoms with E-state index in [1.54, 1.807) is 6.07 Å². The van der Waals surface area contributed by atoms with Gasteiger partial charge in [0, 0.05) is 11.3 Å². The van der Waals surface area contributed by atoms with E-state index in [2.05, 4.69) is 10.3 Å². The third-order valence-electron chi connectivity index (χ3n) is 2.08. The molecule has 1 aliphatic rings. The first-order valence-corrected chi connectivity index (χ1v) is 5.93. The number of nitrogens with zero attached hydrogens (tertiary/aromatic N) is 1. The van der Waals surface area contributed by atoms with Gasteiger partial charge in [-0.3, -0.25) is 0 Å². The minimum Gasteiger partial charge on any atom is -0.398 e. The van der Waals surface area contributed by atoms with Gasteiger partial charge in [-0.2, -0.15) is 4.40 Å².